The Labute approximate surface area is 352 Å². The van der Waals surface area contributed by atoms with E-state index in [4.69, 9.17) is 14.2 Å². The molecule has 0 aromatic rings. The molecule has 6 heteroatoms. The van der Waals surface area contributed by atoms with Crippen molar-refractivity contribution in [3.63, 3.8) is 0 Å². The van der Waals surface area contributed by atoms with Crippen molar-refractivity contribution in [1.82, 2.24) is 0 Å². The summed E-state index contributed by atoms with van der Waals surface area (Å²) < 4.78 is 16.7. The molecule has 0 radical (unpaired) electrons. The number of carbonyl (C=O) groups excluding carboxylic acids is 3. The van der Waals surface area contributed by atoms with Crippen molar-refractivity contribution in [3.8, 4) is 0 Å². The third kappa shape index (κ3) is 44.3. The molecular weight excluding hydrogens is 709 g/mol. The summed E-state index contributed by atoms with van der Waals surface area (Å²) >= 11 is 0. The van der Waals surface area contributed by atoms with Crippen molar-refractivity contribution in [2.45, 2.75) is 245 Å². The molecule has 1 atom stereocenters. The van der Waals surface area contributed by atoms with Gasteiger partial charge < -0.3 is 14.2 Å². The summed E-state index contributed by atoms with van der Waals surface area (Å²) in [7, 11) is 0. The normalized spacial score (nSPS) is 12.4. The Morgan fingerprint density at radius 2 is 0.684 bits per heavy atom. The van der Waals surface area contributed by atoms with Crippen LogP contribution < -0.4 is 0 Å². The first-order chi connectivity index (χ1) is 28.0. The van der Waals surface area contributed by atoms with Gasteiger partial charge in [0, 0.05) is 19.3 Å². The summed E-state index contributed by atoms with van der Waals surface area (Å²) in [5, 5.41) is 0. The second-order valence-electron chi connectivity index (χ2n) is 16.0. The number of unbranched alkanes of at least 4 members (excludes halogenated alkanes) is 24. The van der Waals surface area contributed by atoms with Crippen LogP contribution in [-0.2, 0) is 28.6 Å². The Hall–Kier alpha value is -2.63. The summed E-state index contributed by atoms with van der Waals surface area (Å²) in [6.07, 6.45) is 53.7. The molecule has 0 unspecified atom stereocenters. The molecule has 0 aliphatic carbocycles. The topological polar surface area (TPSA) is 78.9 Å². The molecular formula is C51H90O6. The van der Waals surface area contributed by atoms with Crippen LogP contribution in [0.5, 0.6) is 0 Å². The van der Waals surface area contributed by atoms with E-state index in [9.17, 15) is 14.4 Å². The summed E-state index contributed by atoms with van der Waals surface area (Å²) in [6, 6.07) is 0. The van der Waals surface area contributed by atoms with Gasteiger partial charge in [-0.3, -0.25) is 14.4 Å². The van der Waals surface area contributed by atoms with Gasteiger partial charge in [0.1, 0.15) is 13.2 Å². The molecule has 0 bridgehead atoms. The van der Waals surface area contributed by atoms with Crippen LogP contribution in [-0.4, -0.2) is 37.2 Å². The van der Waals surface area contributed by atoms with Gasteiger partial charge in [0.15, 0.2) is 6.10 Å². The van der Waals surface area contributed by atoms with Crippen LogP contribution in [0.1, 0.15) is 239 Å². The minimum absolute atomic E-state index is 0.0803. The zero-order chi connectivity index (χ0) is 41.5. The zero-order valence-electron chi connectivity index (χ0n) is 37.6. The number of ether oxygens (including phenoxy) is 3. The molecule has 0 aromatic carbocycles. The lowest BCUT2D eigenvalue weighted by Crippen LogP contribution is -2.30. The minimum Gasteiger partial charge on any atom is -0.462 e. The lowest BCUT2D eigenvalue weighted by atomic mass is 10.1. The highest BCUT2D eigenvalue weighted by Crippen LogP contribution is 2.14. The highest BCUT2D eigenvalue weighted by Gasteiger charge is 2.19. The molecule has 0 fully saturated rings. The number of carbonyl (C=O) groups is 3. The van der Waals surface area contributed by atoms with E-state index in [0.29, 0.717) is 19.3 Å². The molecule has 0 aromatic heterocycles. The van der Waals surface area contributed by atoms with Crippen molar-refractivity contribution in [3.05, 3.63) is 48.6 Å². The van der Waals surface area contributed by atoms with E-state index in [0.717, 1.165) is 109 Å². The van der Waals surface area contributed by atoms with Gasteiger partial charge in [-0.15, -0.1) is 0 Å². The predicted molar refractivity (Wildman–Crippen MR) is 242 cm³/mol. The van der Waals surface area contributed by atoms with Crippen LogP contribution in [0.25, 0.3) is 0 Å². The average Bonchev–Trinajstić information content (AvgIpc) is 3.21. The van der Waals surface area contributed by atoms with E-state index in [2.05, 4.69) is 69.4 Å². The molecule has 57 heavy (non-hydrogen) atoms. The Bertz CT molecular complexity index is 1010. The standard InChI is InChI=1S/C51H90O6/c1-4-7-10-13-16-19-22-24-25-27-29-32-35-38-41-44-50(53)56-47-48(46-55-49(52)43-40-37-34-31-28-21-18-15-12-9-6-3)57-51(54)45-42-39-36-33-30-26-23-20-17-14-11-8-5-2/h7,10,16,19-20,23-25,48H,4-6,8-9,11-15,17-18,21-22,26-47H2,1-3H3/b10-7-,19-16-,23-20-,25-24-/t48-/m1/s1. The fourth-order valence-corrected chi connectivity index (χ4v) is 6.69. The molecule has 0 rings (SSSR count). The molecule has 0 heterocycles. The van der Waals surface area contributed by atoms with Crippen LogP contribution in [0.4, 0.5) is 0 Å². The number of esters is 3. The molecule has 0 aliphatic heterocycles. The highest BCUT2D eigenvalue weighted by molar-refractivity contribution is 5.71. The number of rotatable bonds is 43. The van der Waals surface area contributed by atoms with E-state index in [1.165, 1.54) is 89.9 Å². The molecule has 0 aliphatic rings. The highest BCUT2D eigenvalue weighted by atomic mass is 16.6. The maximum atomic E-state index is 12.7. The fraction of sp³-hybridized carbons (Fsp3) is 0.784. The molecule has 330 valence electrons. The van der Waals surface area contributed by atoms with Crippen molar-refractivity contribution >= 4 is 17.9 Å². The molecule has 0 spiro atoms. The van der Waals surface area contributed by atoms with Gasteiger partial charge >= 0.3 is 17.9 Å². The largest absolute Gasteiger partial charge is 0.462 e. The number of allylic oxidation sites excluding steroid dienone is 8. The van der Waals surface area contributed by atoms with Gasteiger partial charge in [-0.2, -0.15) is 0 Å². The van der Waals surface area contributed by atoms with Gasteiger partial charge in [-0.25, -0.2) is 0 Å². The van der Waals surface area contributed by atoms with Crippen molar-refractivity contribution in [1.29, 1.82) is 0 Å². The van der Waals surface area contributed by atoms with Gasteiger partial charge in [-0.1, -0.05) is 191 Å². The van der Waals surface area contributed by atoms with Crippen molar-refractivity contribution in [2.24, 2.45) is 0 Å². The van der Waals surface area contributed by atoms with Crippen LogP contribution in [0.2, 0.25) is 0 Å². The molecule has 6 nitrogen and oxygen atoms in total. The first-order valence-electron chi connectivity index (χ1n) is 24.1. The van der Waals surface area contributed by atoms with Crippen LogP contribution in [0.3, 0.4) is 0 Å². The van der Waals surface area contributed by atoms with E-state index >= 15 is 0 Å². The van der Waals surface area contributed by atoms with Crippen LogP contribution in [0, 0.1) is 0 Å². The SMILES string of the molecule is CC/C=C\C/C=C\C/C=C\CCCCCCCC(=O)OC[C@@H](COC(=O)CCCCCCCCCCCCC)OC(=O)CCCCCCC/C=C\CCCCCC. The lowest BCUT2D eigenvalue weighted by molar-refractivity contribution is -0.167. The first kappa shape index (κ1) is 54.4. The second-order valence-corrected chi connectivity index (χ2v) is 16.0. The van der Waals surface area contributed by atoms with Gasteiger partial charge in [0.25, 0.3) is 0 Å². The van der Waals surface area contributed by atoms with E-state index in [1.54, 1.807) is 0 Å². The Morgan fingerprint density at radius 3 is 1.11 bits per heavy atom. The van der Waals surface area contributed by atoms with Gasteiger partial charge in [0.2, 0.25) is 0 Å². The molecule has 0 saturated carbocycles. The van der Waals surface area contributed by atoms with Crippen molar-refractivity contribution in [2.75, 3.05) is 13.2 Å². The quantitative estimate of drug-likeness (QED) is 0.0265. The zero-order valence-corrected chi connectivity index (χ0v) is 37.6. The first-order valence-corrected chi connectivity index (χ1v) is 24.1. The number of hydrogen-bond donors (Lipinski definition) is 0. The number of hydrogen-bond acceptors (Lipinski definition) is 6. The van der Waals surface area contributed by atoms with Crippen LogP contribution >= 0.6 is 0 Å². The Balaban J connectivity index is 4.40. The third-order valence-electron chi connectivity index (χ3n) is 10.3. The maximum Gasteiger partial charge on any atom is 0.306 e. The van der Waals surface area contributed by atoms with Gasteiger partial charge in [-0.05, 0) is 77.0 Å². The van der Waals surface area contributed by atoms with Crippen LogP contribution in [0.15, 0.2) is 48.6 Å². The fourth-order valence-electron chi connectivity index (χ4n) is 6.69. The Morgan fingerprint density at radius 1 is 0.368 bits per heavy atom. The summed E-state index contributed by atoms with van der Waals surface area (Å²) in [4.78, 5) is 37.8. The lowest BCUT2D eigenvalue weighted by Gasteiger charge is -2.18. The maximum absolute atomic E-state index is 12.7. The summed E-state index contributed by atoms with van der Waals surface area (Å²) in [5.41, 5.74) is 0. The summed E-state index contributed by atoms with van der Waals surface area (Å²) in [5.74, 6) is -0.905. The second kappa shape index (κ2) is 46.1. The molecule has 0 N–H and O–H groups in total. The van der Waals surface area contributed by atoms with E-state index in [1.807, 2.05) is 0 Å². The predicted octanol–water partition coefficient (Wildman–Crippen LogP) is 15.5. The Kier molecular flexibility index (Phi) is 43.9. The molecule has 0 saturated heterocycles. The monoisotopic (exact) mass is 799 g/mol. The van der Waals surface area contributed by atoms with E-state index in [-0.39, 0.29) is 31.1 Å². The van der Waals surface area contributed by atoms with E-state index < -0.39 is 6.10 Å². The van der Waals surface area contributed by atoms with Gasteiger partial charge in [0.05, 0.1) is 0 Å². The average molecular weight is 799 g/mol. The molecule has 0 amide bonds. The summed E-state index contributed by atoms with van der Waals surface area (Å²) in [6.45, 7) is 6.48. The third-order valence-corrected chi connectivity index (χ3v) is 10.3. The minimum atomic E-state index is -0.780. The smallest absolute Gasteiger partial charge is 0.306 e. The van der Waals surface area contributed by atoms with Crippen molar-refractivity contribution < 1.29 is 28.6 Å².